The third-order valence-corrected chi connectivity index (χ3v) is 4.47. The predicted molar refractivity (Wildman–Crippen MR) is 104 cm³/mol. The lowest BCUT2D eigenvalue weighted by molar-refractivity contribution is -0.163. The first-order chi connectivity index (χ1) is 14.3. The molecule has 5 N–H and O–H groups in total. The van der Waals surface area contributed by atoms with E-state index in [9.17, 15) is 35.1 Å². The van der Waals surface area contributed by atoms with Crippen LogP contribution in [0.4, 0.5) is 0 Å². The summed E-state index contributed by atoms with van der Waals surface area (Å²) in [5.74, 6) is -1.27. The fourth-order valence-electron chi connectivity index (χ4n) is 2.58. The third kappa shape index (κ3) is 11.1. The summed E-state index contributed by atoms with van der Waals surface area (Å²) in [7, 11) is 0. The van der Waals surface area contributed by atoms with Crippen molar-refractivity contribution in [1.82, 2.24) is 0 Å². The van der Waals surface area contributed by atoms with Gasteiger partial charge in [-0.25, -0.2) is 0 Å². The van der Waals surface area contributed by atoms with Gasteiger partial charge in [-0.2, -0.15) is 0 Å². The fraction of sp³-hybridized carbons (Fsp3) is 0.900. The number of esters is 1. The highest BCUT2D eigenvalue weighted by Crippen LogP contribution is 2.13. The average Bonchev–Trinajstić information content (AvgIpc) is 2.74. The van der Waals surface area contributed by atoms with Gasteiger partial charge in [0.25, 0.3) is 0 Å². The smallest absolute Gasteiger partial charge is 0.305 e. The van der Waals surface area contributed by atoms with Gasteiger partial charge in [0, 0.05) is 15.6 Å². The molecule has 1 unspecified atom stereocenters. The zero-order valence-corrected chi connectivity index (χ0v) is 16.5. The van der Waals surface area contributed by atoms with E-state index in [0.29, 0.717) is 33.1 Å². The first kappa shape index (κ1) is 23.2. The molecule has 5 atom stereocenters. The second kappa shape index (κ2) is 15.8. The Morgan fingerprint density at radius 3 is 1.93 bits per heavy atom. The number of ether oxygens (including phenoxy) is 1. The summed E-state index contributed by atoms with van der Waals surface area (Å²) >= 11 is 0. The number of hydrogen-bond acceptors (Lipinski definition) is 8. The zero-order valence-electron chi connectivity index (χ0n) is 18.5. The minimum atomic E-state index is -2.01. The number of carbonyl (C=O) groups is 2. The van der Waals surface area contributed by atoms with Crippen molar-refractivity contribution >= 4 is 11.8 Å². The molecule has 0 radical (unpaired) electrons. The quantitative estimate of drug-likeness (QED) is 0.176. The van der Waals surface area contributed by atoms with Gasteiger partial charge in [-0.05, 0) is 12.8 Å². The minimum absolute atomic E-state index is 0.0129. The van der Waals surface area contributed by atoms with Gasteiger partial charge in [0.15, 0.2) is 5.78 Å². The molecule has 0 aromatic carbocycles. The van der Waals surface area contributed by atoms with Gasteiger partial charge >= 0.3 is 5.97 Å². The molecule has 0 aliphatic carbocycles. The van der Waals surface area contributed by atoms with Crippen molar-refractivity contribution in [2.45, 2.75) is 109 Å². The zero-order chi connectivity index (χ0) is 22.9. The minimum Gasteiger partial charge on any atom is -0.463 e. The molecule has 8 heteroatoms. The van der Waals surface area contributed by atoms with E-state index in [4.69, 9.17) is 7.48 Å². The van der Waals surface area contributed by atoms with E-state index in [1.807, 2.05) is 0 Å². The van der Waals surface area contributed by atoms with E-state index >= 15 is 0 Å². The van der Waals surface area contributed by atoms with E-state index in [0.717, 1.165) is 32.1 Å². The van der Waals surface area contributed by atoms with Gasteiger partial charge in [0.1, 0.15) is 37.1 Å². The summed E-state index contributed by atoms with van der Waals surface area (Å²) in [5, 5.41) is 49.6. The molecule has 0 spiro atoms. The molecular weight excluding hydrogens is 368 g/mol. The largest absolute Gasteiger partial charge is 0.463 e. The van der Waals surface area contributed by atoms with Crippen LogP contribution in [-0.4, -0.2) is 74.4 Å². The Morgan fingerprint density at radius 2 is 1.36 bits per heavy atom. The number of rotatable bonds is 17. The lowest BCUT2D eigenvalue weighted by Crippen LogP contribution is -2.52. The number of ketones is 1. The maximum absolute atomic E-state index is 11.9. The van der Waals surface area contributed by atoms with Gasteiger partial charge in [-0.3, -0.25) is 9.59 Å². The SMILES string of the molecule is [2H]CCCCCCC(=O)OC[C@@H](O)[C@@H](O)[C@H](O)[C@@H](O)C(O)C(=O)CCCCCC[2H]. The molecule has 0 aliphatic rings. The topological polar surface area (TPSA) is 145 Å². The highest BCUT2D eigenvalue weighted by atomic mass is 16.5. The van der Waals surface area contributed by atoms with Crippen LogP contribution in [0.25, 0.3) is 0 Å². The molecule has 0 bridgehead atoms. The first-order valence-electron chi connectivity index (χ1n) is 11.3. The normalized spacial score (nSPS) is 17.8. The van der Waals surface area contributed by atoms with Crippen LogP contribution in [0.1, 0.15) is 80.7 Å². The van der Waals surface area contributed by atoms with Crippen LogP contribution < -0.4 is 0 Å². The van der Waals surface area contributed by atoms with Gasteiger partial charge in [0.2, 0.25) is 0 Å². The highest BCUT2D eigenvalue weighted by molar-refractivity contribution is 5.83. The molecular formula is C20H38O8. The predicted octanol–water partition coefficient (Wildman–Crippen LogP) is 0.844. The van der Waals surface area contributed by atoms with Crippen molar-refractivity contribution in [3.63, 3.8) is 0 Å². The van der Waals surface area contributed by atoms with Crippen molar-refractivity contribution in [2.75, 3.05) is 6.61 Å². The van der Waals surface area contributed by atoms with Crippen molar-refractivity contribution in [3.05, 3.63) is 0 Å². The van der Waals surface area contributed by atoms with E-state index in [1.165, 1.54) is 0 Å². The second-order valence-corrected chi connectivity index (χ2v) is 6.96. The Kier molecular flexibility index (Phi) is 13.1. The van der Waals surface area contributed by atoms with E-state index in [2.05, 4.69) is 0 Å². The molecule has 0 rings (SSSR count). The number of aliphatic hydroxyl groups is 5. The summed E-state index contributed by atoms with van der Waals surface area (Å²) in [4.78, 5) is 23.5. The third-order valence-electron chi connectivity index (χ3n) is 4.47. The van der Waals surface area contributed by atoms with Crippen LogP contribution in [0.2, 0.25) is 0 Å². The lowest BCUT2D eigenvalue weighted by atomic mass is 9.95. The Balaban J connectivity index is 4.25. The monoisotopic (exact) mass is 408 g/mol. The fourth-order valence-corrected chi connectivity index (χ4v) is 2.58. The van der Waals surface area contributed by atoms with Crippen LogP contribution in [0, 0.1) is 0 Å². The summed E-state index contributed by atoms with van der Waals surface area (Å²) in [6.07, 6.45) is -3.79. The van der Waals surface area contributed by atoms with Gasteiger partial charge in [0.05, 0.1) is 0 Å². The first-order valence-corrected chi connectivity index (χ1v) is 9.93. The molecule has 0 aromatic rings. The molecule has 0 saturated carbocycles. The molecule has 28 heavy (non-hydrogen) atoms. The summed E-state index contributed by atoms with van der Waals surface area (Å²) in [6.45, 7) is 0.0516. The maximum Gasteiger partial charge on any atom is 0.305 e. The van der Waals surface area contributed by atoms with Gasteiger partial charge in [-0.15, -0.1) is 0 Å². The molecule has 0 saturated heterocycles. The van der Waals surface area contributed by atoms with Crippen LogP contribution >= 0.6 is 0 Å². The molecule has 0 aromatic heterocycles. The Labute approximate surface area is 170 Å². The molecule has 166 valence electrons. The number of Topliss-reactive ketones (excluding diaryl/α,β-unsaturated/α-hetero) is 1. The van der Waals surface area contributed by atoms with Crippen molar-refractivity contribution in [3.8, 4) is 0 Å². The number of carbonyl (C=O) groups excluding carboxylic acids is 2. The molecule has 8 nitrogen and oxygen atoms in total. The Bertz CT molecular complexity index is 466. The van der Waals surface area contributed by atoms with E-state index in [-0.39, 0.29) is 12.8 Å². The standard InChI is InChI=1S/C20H38O8/c1-3-5-7-9-11-14(21)17(24)19(26)20(27)18(25)15(22)13-28-16(23)12-10-8-6-4-2/h15,17-20,22,24-27H,3-13H2,1-2H3/t15-,17?,18-,19+,20+/m1/s1/i1D,2D. The lowest BCUT2D eigenvalue weighted by Gasteiger charge is -2.28. The number of unbranched alkanes of at least 4 members (excludes halogenated alkanes) is 6. The van der Waals surface area contributed by atoms with Crippen LogP contribution in [0.3, 0.4) is 0 Å². The molecule has 0 heterocycles. The summed E-state index contributed by atoms with van der Waals surface area (Å²) in [5.41, 5.74) is 0. The van der Waals surface area contributed by atoms with Crippen LogP contribution in [-0.2, 0) is 14.3 Å². The second-order valence-electron chi connectivity index (χ2n) is 6.96. The van der Waals surface area contributed by atoms with Gasteiger partial charge in [-0.1, -0.05) is 52.3 Å². The molecule has 0 aliphatic heterocycles. The summed E-state index contributed by atoms with van der Waals surface area (Å²) < 4.78 is 18.9. The van der Waals surface area contributed by atoms with Crippen LogP contribution in [0.15, 0.2) is 0 Å². The van der Waals surface area contributed by atoms with E-state index in [1.54, 1.807) is 0 Å². The average molecular weight is 409 g/mol. The Hall–Kier alpha value is -1.06. The highest BCUT2D eigenvalue weighted by Gasteiger charge is 2.37. The number of hydrogen-bond donors (Lipinski definition) is 5. The molecule has 0 amide bonds. The van der Waals surface area contributed by atoms with Crippen molar-refractivity contribution in [1.29, 1.82) is 0 Å². The van der Waals surface area contributed by atoms with Crippen LogP contribution in [0.5, 0.6) is 0 Å². The van der Waals surface area contributed by atoms with Gasteiger partial charge < -0.3 is 30.3 Å². The maximum atomic E-state index is 11.9. The van der Waals surface area contributed by atoms with Crippen molar-refractivity contribution in [2.24, 2.45) is 0 Å². The van der Waals surface area contributed by atoms with Crippen molar-refractivity contribution < 1.29 is 42.6 Å². The van der Waals surface area contributed by atoms with E-state index < -0.39 is 48.9 Å². The molecule has 0 fully saturated rings. The summed E-state index contributed by atoms with van der Waals surface area (Å²) in [6, 6.07) is 0. The Morgan fingerprint density at radius 1 is 0.786 bits per heavy atom. The number of aliphatic hydroxyl groups excluding tert-OH is 5.